The molecule has 0 spiro atoms. The molecule has 102 valence electrons. The molecule has 1 saturated heterocycles. The molecule has 1 aromatic rings. The van der Waals surface area contributed by atoms with Crippen LogP contribution in [0.2, 0.25) is 0 Å². The van der Waals surface area contributed by atoms with Gasteiger partial charge in [0.15, 0.2) is 0 Å². The number of hydrogen-bond donors (Lipinski definition) is 1. The van der Waals surface area contributed by atoms with Crippen LogP contribution >= 0.6 is 0 Å². The van der Waals surface area contributed by atoms with Crippen molar-refractivity contribution in [2.24, 2.45) is 12.8 Å². The smallest absolute Gasteiger partial charge is 0.140 e. The molecule has 6 heteroatoms. The molecule has 0 atom stereocenters. The van der Waals surface area contributed by atoms with Gasteiger partial charge in [0, 0.05) is 26.7 Å². The number of nitrogens with two attached hydrogens (primary N) is 1. The molecule has 0 aliphatic carbocycles. The largest absolute Gasteiger partial charge is 0.378 e. The first-order valence-electron chi connectivity index (χ1n) is 6.66. The van der Waals surface area contributed by atoms with Gasteiger partial charge < -0.3 is 10.5 Å². The average Bonchev–Trinajstić information content (AvgIpc) is 2.78. The Morgan fingerprint density at radius 1 is 1.44 bits per heavy atom. The topological polar surface area (TPSA) is 69.2 Å². The van der Waals surface area contributed by atoms with Crippen molar-refractivity contribution in [3.05, 3.63) is 12.2 Å². The van der Waals surface area contributed by atoms with Crippen molar-refractivity contribution < 1.29 is 4.74 Å². The molecule has 2 heterocycles. The highest BCUT2D eigenvalue weighted by Crippen LogP contribution is 2.15. The van der Waals surface area contributed by atoms with Crippen LogP contribution < -0.4 is 5.73 Å². The average molecular weight is 253 g/mol. The van der Waals surface area contributed by atoms with Gasteiger partial charge in [-0.15, -0.1) is 0 Å². The van der Waals surface area contributed by atoms with Gasteiger partial charge in [0.2, 0.25) is 0 Å². The lowest BCUT2D eigenvalue weighted by atomic mass is 10.1. The summed E-state index contributed by atoms with van der Waals surface area (Å²) in [6.07, 6.45) is 5.18. The maximum absolute atomic E-state index is 5.79. The molecular weight excluding hydrogens is 230 g/mol. The summed E-state index contributed by atoms with van der Waals surface area (Å²) in [5.41, 5.74) is 5.45. The summed E-state index contributed by atoms with van der Waals surface area (Å²) in [5.74, 6) is 1.03. The lowest BCUT2D eigenvalue weighted by molar-refractivity contribution is 0.00497. The molecule has 2 N–H and O–H groups in total. The summed E-state index contributed by atoms with van der Waals surface area (Å²) in [6.45, 7) is 4.53. The molecule has 1 aromatic heterocycles. The van der Waals surface area contributed by atoms with Crippen molar-refractivity contribution in [1.29, 1.82) is 0 Å². The lowest BCUT2D eigenvalue weighted by Gasteiger charge is -2.31. The molecule has 2 rings (SSSR count). The molecule has 1 aliphatic rings. The summed E-state index contributed by atoms with van der Waals surface area (Å²) in [5, 5.41) is 4.09. The van der Waals surface area contributed by atoms with Crippen molar-refractivity contribution in [2.45, 2.75) is 31.9 Å². The molecule has 0 aromatic carbocycles. The summed E-state index contributed by atoms with van der Waals surface area (Å²) in [7, 11) is 1.94. The summed E-state index contributed by atoms with van der Waals surface area (Å²) in [4.78, 5) is 6.66. The van der Waals surface area contributed by atoms with E-state index in [2.05, 4.69) is 15.0 Å². The standard InChI is InChI=1S/C12H23N5O/c1-16-12(14-10-15-16)9-17-6-3-11(4-7-17)18-8-2-5-13/h10-11H,2-9,13H2,1H3. The van der Waals surface area contributed by atoms with E-state index < -0.39 is 0 Å². The van der Waals surface area contributed by atoms with Crippen LogP contribution in [0.15, 0.2) is 6.33 Å². The minimum Gasteiger partial charge on any atom is -0.378 e. The second-order valence-electron chi connectivity index (χ2n) is 4.79. The summed E-state index contributed by atoms with van der Waals surface area (Å²) >= 11 is 0. The van der Waals surface area contributed by atoms with Gasteiger partial charge in [-0.3, -0.25) is 9.58 Å². The van der Waals surface area contributed by atoms with E-state index in [-0.39, 0.29) is 0 Å². The molecule has 18 heavy (non-hydrogen) atoms. The van der Waals surface area contributed by atoms with E-state index in [1.165, 1.54) is 0 Å². The molecule has 0 unspecified atom stereocenters. The third-order valence-corrected chi connectivity index (χ3v) is 3.41. The Morgan fingerprint density at radius 3 is 2.83 bits per heavy atom. The molecule has 1 aliphatic heterocycles. The number of ether oxygens (including phenoxy) is 1. The minimum absolute atomic E-state index is 0.410. The molecule has 0 radical (unpaired) electrons. The number of likely N-dealkylation sites (tertiary alicyclic amines) is 1. The predicted molar refractivity (Wildman–Crippen MR) is 68.9 cm³/mol. The third kappa shape index (κ3) is 3.76. The van der Waals surface area contributed by atoms with Crippen LogP contribution in [-0.2, 0) is 18.3 Å². The molecule has 6 nitrogen and oxygen atoms in total. The first-order valence-corrected chi connectivity index (χ1v) is 6.66. The highest BCUT2D eigenvalue weighted by atomic mass is 16.5. The number of aryl methyl sites for hydroxylation is 1. The molecular formula is C12H23N5O. The van der Waals surface area contributed by atoms with E-state index in [0.29, 0.717) is 12.6 Å². The quantitative estimate of drug-likeness (QED) is 0.731. The van der Waals surface area contributed by atoms with Crippen LogP contribution in [-0.4, -0.2) is 52.0 Å². The van der Waals surface area contributed by atoms with Crippen LogP contribution in [0.1, 0.15) is 25.1 Å². The Bertz CT molecular complexity index is 346. The fourth-order valence-corrected chi connectivity index (χ4v) is 2.23. The van der Waals surface area contributed by atoms with Crippen LogP contribution in [0, 0.1) is 0 Å². The van der Waals surface area contributed by atoms with Crippen molar-refractivity contribution in [3.63, 3.8) is 0 Å². The van der Waals surface area contributed by atoms with E-state index in [9.17, 15) is 0 Å². The second-order valence-corrected chi connectivity index (χ2v) is 4.79. The predicted octanol–water partition coefficient (Wildman–Crippen LogP) is 0.145. The van der Waals surface area contributed by atoms with Gasteiger partial charge in [0.25, 0.3) is 0 Å². The zero-order valence-corrected chi connectivity index (χ0v) is 11.1. The van der Waals surface area contributed by atoms with E-state index >= 15 is 0 Å². The fourth-order valence-electron chi connectivity index (χ4n) is 2.23. The Labute approximate surface area is 108 Å². The number of rotatable bonds is 6. The van der Waals surface area contributed by atoms with E-state index in [1.807, 2.05) is 11.7 Å². The van der Waals surface area contributed by atoms with Gasteiger partial charge in [-0.05, 0) is 25.8 Å². The third-order valence-electron chi connectivity index (χ3n) is 3.41. The zero-order chi connectivity index (χ0) is 12.8. The monoisotopic (exact) mass is 253 g/mol. The van der Waals surface area contributed by atoms with Gasteiger partial charge >= 0.3 is 0 Å². The Balaban J connectivity index is 1.69. The van der Waals surface area contributed by atoms with Crippen molar-refractivity contribution >= 4 is 0 Å². The SMILES string of the molecule is Cn1ncnc1CN1CCC(OCCCN)CC1. The minimum atomic E-state index is 0.410. The van der Waals surface area contributed by atoms with Gasteiger partial charge in [0.1, 0.15) is 12.2 Å². The second kappa shape index (κ2) is 6.82. The van der Waals surface area contributed by atoms with E-state index in [0.717, 1.165) is 51.3 Å². The number of aromatic nitrogens is 3. The van der Waals surface area contributed by atoms with Gasteiger partial charge in [0.05, 0.1) is 12.6 Å². The lowest BCUT2D eigenvalue weighted by Crippen LogP contribution is -2.37. The Kier molecular flexibility index (Phi) is 5.10. The summed E-state index contributed by atoms with van der Waals surface area (Å²) in [6, 6.07) is 0. The maximum Gasteiger partial charge on any atom is 0.140 e. The maximum atomic E-state index is 5.79. The van der Waals surface area contributed by atoms with Gasteiger partial charge in [-0.25, -0.2) is 4.98 Å². The number of piperidine rings is 1. The number of hydrogen-bond acceptors (Lipinski definition) is 5. The van der Waals surface area contributed by atoms with Crippen molar-refractivity contribution in [1.82, 2.24) is 19.7 Å². The van der Waals surface area contributed by atoms with Gasteiger partial charge in [-0.2, -0.15) is 5.10 Å². The molecule has 0 amide bonds. The van der Waals surface area contributed by atoms with Crippen LogP contribution in [0.25, 0.3) is 0 Å². The van der Waals surface area contributed by atoms with E-state index in [4.69, 9.17) is 10.5 Å². The Morgan fingerprint density at radius 2 is 2.22 bits per heavy atom. The van der Waals surface area contributed by atoms with Crippen molar-refractivity contribution in [3.8, 4) is 0 Å². The van der Waals surface area contributed by atoms with Gasteiger partial charge in [-0.1, -0.05) is 0 Å². The highest BCUT2D eigenvalue weighted by molar-refractivity contribution is 4.85. The normalized spacial score (nSPS) is 18.3. The van der Waals surface area contributed by atoms with E-state index in [1.54, 1.807) is 6.33 Å². The highest BCUT2D eigenvalue weighted by Gasteiger charge is 2.20. The van der Waals surface area contributed by atoms with Crippen molar-refractivity contribution in [2.75, 3.05) is 26.2 Å². The molecule has 1 fully saturated rings. The van der Waals surface area contributed by atoms with Crippen LogP contribution in [0.4, 0.5) is 0 Å². The van der Waals surface area contributed by atoms with Crippen LogP contribution in [0.5, 0.6) is 0 Å². The Hall–Kier alpha value is -0.980. The number of nitrogens with zero attached hydrogens (tertiary/aromatic N) is 4. The first-order chi connectivity index (χ1) is 8.79. The first kappa shape index (κ1) is 13.5. The molecule has 0 saturated carbocycles. The summed E-state index contributed by atoms with van der Waals surface area (Å²) < 4.78 is 7.63. The zero-order valence-electron chi connectivity index (χ0n) is 11.1. The fraction of sp³-hybridized carbons (Fsp3) is 0.833. The molecule has 0 bridgehead atoms. The van der Waals surface area contributed by atoms with Crippen LogP contribution in [0.3, 0.4) is 0 Å².